The van der Waals surface area contributed by atoms with Crippen LogP contribution in [0.3, 0.4) is 0 Å². The average molecular weight is 412 g/mol. The number of methoxy groups -OCH3 is 1. The van der Waals surface area contributed by atoms with Crippen LogP contribution in [0.25, 0.3) is 0 Å². The van der Waals surface area contributed by atoms with Gasteiger partial charge in [0.15, 0.2) is 0 Å². The summed E-state index contributed by atoms with van der Waals surface area (Å²) in [6.07, 6.45) is -11.1. The first-order chi connectivity index (χ1) is 12.1. The minimum Gasteiger partial charge on any atom is -0.427 e. The molecule has 1 atom stereocenters. The molecule has 0 heterocycles. The first-order valence-electron chi connectivity index (χ1n) is 7.08. The molecule has 0 amide bonds. The van der Waals surface area contributed by atoms with Gasteiger partial charge in [-0.3, -0.25) is 4.79 Å². The molecular weight excluding hydrogens is 399 g/mol. The Morgan fingerprint density at radius 2 is 1.56 bits per heavy atom. The number of esters is 1. The first-order valence-corrected chi connectivity index (χ1v) is 7.08. The van der Waals surface area contributed by atoms with Crippen molar-refractivity contribution >= 4 is 5.97 Å². The van der Waals surface area contributed by atoms with Gasteiger partial charge in [0.25, 0.3) is 0 Å². The SMILES string of the molecule is COC(CC(F)(F)C(F)(F)C(F)(F)C(F)(F)F)c1cccc(OC(C)=O)c1. The molecule has 3 nitrogen and oxygen atoms in total. The maximum atomic E-state index is 13.8. The summed E-state index contributed by atoms with van der Waals surface area (Å²) in [6.45, 7) is 1.01. The average Bonchev–Trinajstić information content (AvgIpc) is 2.50. The summed E-state index contributed by atoms with van der Waals surface area (Å²) >= 11 is 0. The number of carbonyl (C=O) groups is 1. The van der Waals surface area contributed by atoms with E-state index in [2.05, 4.69) is 9.47 Å². The van der Waals surface area contributed by atoms with Crippen molar-refractivity contribution in [3.05, 3.63) is 29.8 Å². The smallest absolute Gasteiger partial charge is 0.427 e. The number of hydrogen-bond donors (Lipinski definition) is 0. The molecule has 0 aromatic heterocycles. The maximum Gasteiger partial charge on any atom is 0.460 e. The number of alkyl halides is 9. The van der Waals surface area contributed by atoms with Gasteiger partial charge in [-0.15, -0.1) is 0 Å². The molecule has 0 aliphatic carbocycles. The Hall–Kier alpha value is -1.98. The molecule has 12 heteroatoms. The quantitative estimate of drug-likeness (QED) is 0.353. The number of rotatable bonds is 7. The molecule has 1 aromatic carbocycles. The molecule has 27 heavy (non-hydrogen) atoms. The number of carbonyl (C=O) groups excluding carboxylic acids is 1. The standard InChI is InChI=1S/C15H13F9O3/c1-8(25)27-10-5-3-4-9(6-10)11(26-2)7-12(16,17)13(18,19)14(20,21)15(22,23)24/h3-6,11H,7H2,1-2H3. The minimum atomic E-state index is -6.97. The number of benzene rings is 1. The topological polar surface area (TPSA) is 35.5 Å². The zero-order valence-electron chi connectivity index (χ0n) is 13.7. The van der Waals surface area contributed by atoms with E-state index in [0.717, 1.165) is 32.2 Å². The van der Waals surface area contributed by atoms with Gasteiger partial charge < -0.3 is 9.47 Å². The molecular formula is C15H13F9O3. The van der Waals surface area contributed by atoms with Crippen molar-refractivity contribution in [3.8, 4) is 5.75 Å². The third kappa shape index (κ3) is 4.66. The summed E-state index contributed by atoms with van der Waals surface area (Å²) in [4.78, 5) is 10.9. The highest BCUT2D eigenvalue weighted by molar-refractivity contribution is 5.69. The highest BCUT2D eigenvalue weighted by Crippen LogP contribution is 2.55. The Morgan fingerprint density at radius 3 is 2.00 bits per heavy atom. The summed E-state index contributed by atoms with van der Waals surface area (Å²) < 4.78 is 126. The molecule has 154 valence electrons. The fourth-order valence-electron chi connectivity index (χ4n) is 2.05. The molecule has 0 aliphatic heterocycles. The molecule has 0 N–H and O–H groups in total. The third-order valence-electron chi connectivity index (χ3n) is 3.43. The van der Waals surface area contributed by atoms with Crippen LogP contribution >= 0.6 is 0 Å². The molecule has 0 saturated heterocycles. The van der Waals surface area contributed by atoms with Gasteiger partial charge in [0.05, 0.1) is 6.10 Å². The highest BCUT2D eigenvalue weighted by Gasteiger charge is 2.81. The van der Waals surface area contributed by atoms with Gasteiger partial charge in [-0.2, -0.15) is 39.5 Å². The van der Waals surface area contributed by atoms with Crippen LogP contribution in [-0.4, -0.2) is 37.0 Å². The lowest BCUT2D eigenvalue weighted by atomic mass is 9.95. The van der Waals surface area contributed by atoms with E-state index < -0.39 is 42.4 Å². The van der Waals surface area contributed by atoms with Gasteiger partial charge in [0.1, 0.15) is 5.75 Å². The molecule has 0 fully saturated rings. The van der Waals surface area contributed by atoms with E-state index >= 15 is 0 Å². The Bertz CT molecular complexity index is 671. The Kier molecular flexibility index (Phi) is 6.46. The van der Waals surface area contributed by atoms with Crippen LogP contribution in [-0.2, 0) is 9.53 Å². The van der Waals surface area contributed by atoms with Gasteiger partial charge in [0.2, 0.25) is 0 Å². The summed E-state index contributed by atoms with van der Waals surface area (Å²) in [5.41, 5.74) is -0.304. The van der Waals surface area contributed by atoms with Crippen molar-refractivity contribution in [1.29, 1.82) is 0 Å². The Balaban J connectivity index is 3.20. The number of halogens is 9. The zero-order valence-corrected chi connectivity index (χ0v) is 13.7. The molecule has 0 aliphatic rings. The number of hydrogen-bond acceptors (Lipinski definition) is 3. The fraction of sp³-hybridized carbons (Fsp3) is 0.533. The summed E-state index contributed by atoms with van der Waals surface area (Å²) in [6, 6.07) is 4.32. The molecule has 1 aromatic rings. The first kappa shape index (κ1) is 23.1. The highest BCUT2D eigenvalue weighted by atomic mass is 19.4. The molecule has 0 bridgehead atoms. The largest absolute Gasteiger partial charge is 0.460 e. The van der Waals surface area contributed by atoms with Crippen molar-refractivity contribution in [2.45, 2.75) is 43.4 Å². The fourth-order valence-corrected chi connectivity index (χ4v) is 2.05. The van der Waals surface area contributed by atoms with Gasteiger partial charge >= 0.3 is 29.9 Å². The zero-order chi connectivity index (χ0) is 21.3. The van der Waals surface area contributed by atoms with E-state index in [4.69, 9.17) is 0 Å². The van der Waals surface area contributed by atoms with Crippen molar-refractivity contribution in [2.24, 2.45) is 0 Å². The predicted octanol–water partition coefficient (Wildman–Crippen LogP) is 5.16. The second kappa shape index (κ2) is 7.56. The van der Waals surface area contributed by atoms with Crippen LogP contribution < -0.4 is 4.74 Å². The van der Waals surface area contributed by atoms with Crippen molar-refractivity contribution in [1.82, 2.24) is 0 Å². The molecule has 1 unspecified atom stereocenters. The van der Waals surface area contributed by atoms with E-state index in [-0.39, 0.29) is 11.3 Å². The maximum absolute atomic E-state index is 13.8. The van der Waals surface area contributed by atoms with Crippen LogP contribution in [0.15, 0.2) is 24.3 Å². The molecule has 0 saturated carbocycles. The third-order valence-corrected chi connectivity index (χ3v) is 3.43. The predicted molar refractivity (Wildman–Crippen MR) is 73.0 cm³/mol. The normalized spacial score (nSPS) is 14.8. The van der Waals surface area contributed by atoms with Gasteiger partial charge in [-0.25, -0.2) is 0 Å². The summed E-state index contributed by atoms with van der Waals surface area (Å²) in [5.74, 6) is -20.5. The monoisotopic (exact) mass is 412 g/mol. The van der Waals surface area contributed by atoms with E-state index in [1.54, 1.807) is 0 Å². The van der Waals surface area contributed by atoms with Gasteiger partial charge in [-0.05, 0) is 17.7 Å². The molecule has 0 spiro atoms. The second-order valence-electron chi connectivity index (χ2n) is 5.45. The Labute approximate surface area is 147 Å². The van der Waals surface area contributed by atoms with Gasteiger partial charge in [-0.1, -0.05) is 12.1 Å². The van der Waals surface area contributed by atoms with Gasteiger partial charge in [0, 0.05) is 20.5 Å². The van der Waals surface area contributed by atoms with E-state index in [1.807, 2.05) is 0 Å². The minimum absolute atomic E-state index is 0.197. The number of ether oxygens (including phenoxy) is 2. The second-order valence-corrected chi connectivity index (χ2v) is 5.45. The van der Waals surface area contributed by atoms with Crippen LogP contribution in [0.5, 0.6) is 5.75 Å². The summed E-state index contributed by atoms with van der Waals surface area (Å²) in [7, 11) is 0.763. The lowest BCUT2D eigenvalue weighted by Crippen LogP contribution is -2.61. The molecule has 0 radical (unpaired) electrons. The lowest BCUT2D eigenvalue weighted by molar-refractivity contribution is -0.398. The summed E-state index contributed by atoms with van der Waals surface area (Å²) in [5, 5.41) is 0. The van der Waals surface area contributed by atoms with E-state index in [1.165, 1.54) is 6.07 Å². The van der Waals surface area contributed by atoms with E-state index in [9.17, 15) is 44.3 Å². The van der Waals surface area contributed by atoms with Crippen molar-refractivity contribution in [2.75, 3.05) is 7.11 Å². The van der Waals surface area contributed by atoms with E-state index in [0.29, 0.717) is 0 Å². The van der Waals surface area contributed by atoms with Crippen LogP contribution in [0.1, 0.15) is 25.0 Å². The van der Waals surface area contributed by atoms with Crippen LogP contribution in [0.2, 0.25) is 0 Å². The van der Waals surface area contributed by atoms with Crippen LogP contribution in [0, 0.1) is 0 Å². The lowest BCUT2D eigenvalue weighted by Gasteiger charge is -2.35. The van der Waals surface area contributed by atoms with Crippen LogP contribution in [0.4, 0.5) is 39.5 Å². The molecule has 1 rings (SSSR count). The Morgan fingerprint density at radius 1 is 1.00 bits per heavy atom. The van der Waals surface area contributed by atoms with Crippen molar-refractivity contribution in [3.63, 3.8) is 0 Å². The van der Waals surface area contributed by atoms with Crippen molar-refractivity contribution < 1.29 is 53.8 Å².